The molecule has 0 N–H and O–H groups in total. The second-order valence-corrected chi connectivity index (χ2v) is 8.22. The molecule has 0 aromatic heterocycles. The summed E-state index contributed by atoms with van der Waals surface area (Å²) in [4.78, 5) is 16.1. The van der Waals surface area contributed by atoms with Crippen molar-refractivity contribution in [3.8, 4) is 0 Å². The van der Waals surface area contributed by atoms with Crippen LogP contribution in [0.3, 0.4) is 0 Å². The van der Waals surface area contributed by atoms with E-state index in [4.69, 9.17) is 0 Å². The van der Waals surface area contributed by atoms with Crippen LogP contribution in [-0.2, 0) is 5.41 Å². The van der Waals surface area contributed by atoms with Gasteiger partial charge in [0, 0.05) is 58.9 Å². The van der Waals surface area contributed by atoms with E-state index in [0.717, 1.165) is 32.5 Å². The smallest absolute Gasteiger partial charge is 0.283 e. The van der Waals surface area contributed by atoms with Crippen LogP contribution in [0.1, 0.15) is 39.2 Å². The predicted molar refractivity (Wildman–Crippen MR) is 95.4 cm³/mol. The molecular weight excluding hydrogens is 375 g/mol. The molecule has 1 amide bonds. The Kier molecular flexibility index (Phi) is 3.71. The molecule has 0 radical (unpaired) electrons. The van der Waals surface area contributed by atoms with Gasteiger partial charge in [-0.2, -0.15) is 0 Å². The molecule has 114 valence electrons. The van der Waals surface area contributed by atoms with Gasteiger partial charge in [-0.3, -0.25) is 4.79 Å². The van der Waals surface area contributed by atoms with E-state index in [1.165, 1.54) is 11.3 Å². The third-order valence-corrected chi connectivity index (χ3v) is 5.69. The van der Waals surface area contributed by atoms with Crippen LogP contribution in [0.25, 0.3) is 0 Å². The molecule has 1 fully saturated rings. The Morgan fingerprint density at radius 2 is 1.81 bits per heavy atom. The zero-order valence-corrected chi connectivity index (χ0v) is 15.2. The lowest BCUT2D eigenvalue weighted by Gasteiger charge is -2.41. The van der Waals surface area contributed by atoms with Gasteiger partial charge in [-0.05, 0) is 45.2 Å². The number of anilines is 1. The van der Waals surface area contributed by atoms with E-state index in [0.29, 0.717) is 0 Å². The van der Waals surface area contributed by atoms with Crippen molar-refractivity contribution >= 4 is 32.2 Å². The largest absolute Gasteiger partial charge is 0.366 e. The van der Waals surface area contributed by atoms with Crippen LogP contribution in [-0.4, -0.2) is 34.0 Å². The van der Waals surface area contributed by atoms with Crippen molar-refractivity contribution in [2.75, 3.05) is 24.5 Å². The van der Waals surface area contributed by atoms with Gasteiger partial charge in [-0.1, -0.05) is 18.2 Å². The van der Waals surface area contributed by atoms with Gasteiger partial charge in [0.05, 0.1) is 0 Å². The molecule has 0 aliphatic carbocycles. The third kappa shape index (κ3) is 2.56. The highest BCUT2D eigenvalue weighted by molar-refractivity contribution is 14.1. The van der Waals surface area contributed by atoms with E-state index in [-0.39, 0.29) is 14.9 Å². The first-order valence-corrected chi connectivity index (χ1v) is 8.73. The van der Waals surface area contributed by atoms with E-state index >= 15 is 0 Å². The van der Waals surface area contributed by atoms with E-state index in [1.807, 2.05) is 27.5 Å². The zero-order valence-electron chi connectivity index (χ0n) is 13.0. The van der Waals surface area contributed by atoms with Crippen LogP contribution >= 0.6 is 22.6 Å². The molecule has 4 heteroatoms. The molecule has 1 spiro atoms. The standard InChI is InChI=1S/C17H23IN2O/c1-16(2,3)20-12-17(13-6-4-5-7-14(13)20)8-10-19(11-9-17)15(18)21/h4-7H,8-12H2,1-3H3. The van der Waals surface area contributed by atoms with Crippen LogP contribution < -0.4 is 4.90 Å². The number of carbonyl (C=O) groups excluding carboxylic acids is 1. The van der Waals surface area contributed by atoms with E-state index in [9.17, 15) is 4.79 Å². The van der Waals surface area contributed by atoms with Crippen molar-refractivity contribution in [2.24, 2.45) is 0 Å². The number of carbonyl (C=O) groups is 1. The summed E-state index contributed by atoms with van der Waals surface area (Å²) in [6, 6.07) is 8.84. The normalized spacial score (nSPS) is 20.8. The highest BCUT2D eigenvalue weighted by atomic mass is 127. The number of rotatable bonds is 0. The fraction of sp³-hybridized carbons (Fsp3) is 0.588. The molecule has 3 rings (SSSR count). The molecule has 0 bridgehead atoms. The fourth-order valence-corrected chi connectivity index (χ4v) is 4.25. The van der Waals surface area contributed by atoms with Crippen LogP contribution in [0.2, 0.25) is 0 Å². The molecule has 2 heterocycles. The van der Waals surface area contributed by atoms with Crippen LogP contribution in [0.15, 0.2) is 24.3 Å². The minimum atomic E-state index is 0.135. The van der Waals surface area contributed by atoms with Crippen molar-refractivity contribution in [2.45, 2.75) is 44.6 Å². The summed E-state index contributed by atoms with van der Waals surface area (Å²) in [6.07, 6.45) is 2.15. The summed E-state index contributed by atoms with van der Waals surface area (Å²) in [6.45, 7) is 9.70. The fourth-order valence-electron chi connectivity index (χ4n) is 3.77. The first-order chi connectivity index (χ1) is 9.83. The van der Waals surface area contributed by atoms with Gasteiger partial charge in [0.25, 0.3) is 3.91 Å². The SMILES string of the molecule is CC(C)(C)N1CC2(CCN(C(=O)I)CC2)c2ccccc21. The first kappa shape index (κ1) is 15.1. The number of likely N-dealkylation sites (tertiary alicyclic amines) is 1. The minimum absolute atomic E-state index is 0.135. The Morgan fingerprint density at radius 1 is 1.19 bits per heavy atom. The lowest BCUT2D eigenvalue weighted by Crippen LogP contribution is -2.49. The molecule has 1 aromatic rings. The molecule has 0 saturated carbocycles. The Hall–Kier alpha value is -0.780. The zero-order chi connectivity index (χ0) is 15.3. The second kappa shape index (κ2) is 5.14. The third-order valence-electron chi connectivity index (χ3n) is 5.01. The molecule has 21 heavy (non-hydrogen) atoms. The maximum atomic E-state index is 11.6. The molecular formula is C17H23IN2O. The lowest BCUT2D eigenvalue weighted by molar-refractivity contribution is 0.182. The van der Waals surface area contributed by atoms with Crippen molar-refractivity contribution in [3.63, 3.8) is 0 Å². The number of hydrogen-bond acceptors (Lipinski definition) is 2. The quantitative estimate of drug-likeness (QED) is 0.372. The lowest BCUT2D eigenvalue weighted by atomic mass is 9.74. The van der Waals surface area contributed by atoms with Crippen LogP contribution in [0.4, 0.5) is 10.5 Å². The number of hydrogen-bond donors (Lipinski definition) is 0. The summed E-state index contributed by atoms with van der Waals surface area (Å²) in [5.41, 5.74) is 3.24. The van der Waals surface area contributed by atoms with Gasteiger partial charge in [0.1, 0.15) is 0 Å². The average Bonchev–Trinajstić information content (AvgIpc) is 2.75. The molecule has 1 aromatic carbocycles. The van der Waals surface area contributed by atoms with E-state index < -0.39 is 0 Å². The number of fused-ring (bicyclic) bond motifs is 2. The highest BCUT2D eigenvalue weighted by Gasteiger charge is 2.47. The summed E-state index contributed by atoms with van der Waals surface area (Å²) in [5.74, 6) is 0. The minimum Gasteiger partial charge on any atom is -0.366 e. The van der Waals surface area contributed by atoms with Gasteiger partial charge in [0.2, 0.25) is 0 Å². The van der Waals surface area contributed by atoms with Crippen LogP contribution in [0, 0.1) is 0 Å². The van der Waals surface area contributed by atoms with Crippen molar-refractivity contribution in [1.29, 1.82) is 0 Å². The Morgan fingerprint density at radius 3 is 2.38 bits per heavy atom. The highest BCUT2D eigenvalue weighted by Crippen LogP contribution is 2.49. The molecule has 0 unspecified atom stereocenters. The number of piperidine rings is 1. The first-order valence-electron chi connectivity index (χ1n) is 7.65. The maximum Gasteiger partial charge on any atom is 0.283 e. The van der Waals surface area contributed by atoms with Crippen LogP contribution in [0.5, 0.6) is 0 Å². The molecule has 2 aliphatic rings. The Bertz CT molecular complexity index is 556. The summed E-state index contributed by atoms with van der Waals surface area (Å²) in [7, 11) is 0. The maximum absolute atomic E-state index is 11.6. The Labute approximate surface area is 140 Å². The summed E-state index contributed by atoms with van der Waals surface area (Å²) in [5, 5.41) is 0. The number of amides is 1. The van der Waals surface area contributed by atoms with Crippen molar-refractivity contribution in [1.82, 2.24) is 4.90 Å². The van der Waals surface area contributed by atoms with Gasteiger partial charge in [-0.15, -0.1) is 0 Å². The summed E-state index contributed by atoms with van der Waals surface area (Å²) >= 11 is 1.91. The second-order valence-electron chi connectivity index (χ2n) is 7.29. The number of nitrogens with zero attached hydrogens (tertiary/aromatic N) is 2. The van der Waals surface area contributed by atoms with Gasteiger partial charge < -0.3 is 9.80 Å². The summed E-state index contributed by atoms with van der Waals surface area (Å²) < 4.78 is 0.182. The van der Waals surface area contributed by atoms with Crippen molar-refractivity contribution < 1.29 is 4.79 Å². The molecule has 2 aliphatic heterocycles. The van der Waals surface area contributed by atoms with Crippen molar-refractivity contribution in [3.05, 3.63) is 29.8 Å². The molecule has 1 saturated heterocycles. The van der Waals surface area contributed by atoms with Gasteiger partial charge >= 0.3 is 0 Å². The van der Waals surface area contributed by atoms with Gasteiger partial charge in [0.15, 0.2) is 0 Å². The predicted octanol–water partition coefficient (Wildman–Crippen LogP) is 4.19. The number of benzene rings is 1. The average molecular weight is 398 g/mol. The number of para-hydroxylation sites is 1. The number of halogens is 1. The Balaban J connectivity index is 1.94. The monoisotopic (exact) mass is 398 g/mol. The topological polar surface area (TPSA) is 23.6 Å². The molecule has 3 nitrogen and oxygen atoms in total. The molecule has 0 atom stereocenters. The van der Waals surface area contributed by atoms with E-state index in [2.05, 4.69) is 49.9 Å². The van der Waals surface area contributed by atoms with Gasteiger partial charge in [-0.25, -0.2) is 0 Å². The van der Waals surface area contributed by atoms with E-state index in [1.54, 1.807) is 0 Å².